The van der Waals surface area contributed by atoms with Gasteiger partial charge in [-0.3, -0.25) is 9.80 Å². The molecule has 6 nitrogen and oxygen atoms in total. The smallest absolute Gasteiger partial charge is 0.248 e. The summed E-state index contributed by atoms with van der Waals surface area (Å²) in [6, 6.07) is 7.58. The van der Waals surface area contributed by atoms with Gasteiger partial charge in [0, 0.05) is 49.9 Å². The largest absolute Gasteiger partial charge is 0.493 e. The zero-order valence-corrected chi connectivity index (χ0v) is 19.2. The summed E-state index contributed by atoms with van der Waals surface area (Å²) in [6.45, 7) is 3.56. The molecule has 180 valence electrons. The molecule has 0 spiro atoms. The number of likely N-dealkylation sites (tertiary alicyclic amines) is 1. The number of hydrogen-bond donors (Lipinski definition) is 1. The predicted octanol–water partition coefficient (Wildman–Crippen LogP) is 4.22. The van der Waals surface area contributed by atoms with Gasteiger partial charge in [0.25, 0.3) is 0 Å². The maximum absolute atomic E-state index is 13.0. The van der Waals surface area contributed by atoms with Gasteiger partial charge in [-0.15, -0.1) is 0 Å². The lowest BCUT2D eigenvalue weighted by Crippen LogP contribution is -2.50. The van der Waals surface area contributed by atoms with Crippen LogP contribution >= 0.6 is 0 Å². The average Bonchev–Trinajstić information content (AvgIpc) is 3.36. The lowest BCUT2D eigenvalue weighted by molar-refractivity contribution is -0.141. The Labute approximate surface area is 193 Å². The Hall–Kier alpha value is -2.22. The number of carbonyl (C=O) groups is 1. The van der Waals surface area contributed by atoms with E-state index in [1.54, 1.807) is 0 Å². The minimum Gasteiger partial charge on any atom is -0.493 e. The van der Waals surface area contributed by atoms with Crippen molar-refractivity contribution >= 4 is 17.8 Å². The summed E-state index contributed by atoms with van der Waals surface area (Å²) in [5, 5.41) is 17.7. The number of aliphatic hydroxyl groups is 1. The fourth-order valence-electron chi connectivity index (χ4n) is 5.26. The van der Waals surface area contributed by atoms with Crippen molar-refractivity contribution in [2.24, 2.45) is 16.4 Å². The van der Waals surface area contributed by atoms with E-state index in [9.17, 15) is 18.7 Å². The van der Waals surface area contributed by atoms with E-state index in [1.807, 2.05) is 47.3 Å². The van der Waals surface area contributed by atoms with Gasteiger partial charge in [0.1, 0.15) is 5.75 Å². The average molecular weight is 462 g/mol. The summed E-state index contributed by atoms with van der Waals surface area (Å²) in [5.41, 5.74) is -0.0509. The topological polar surface area (TPSA) is 65.4 Å². The number of carbonyl (C=O) groups excluding carboxylic acids is 1. The first-order valence-corrected chi connectivity index (χ1v) is 12.1. The van der Waals surface area contributed by atoms with Gasteiger partial charge in [0.2, 0.25) is 11.8 Å². The number of alkyl halides is 2. The first-order chi connectivity index (χ1) is 15.6. The van der Waals surface area contributed by atoms with Crippen molar-refractivity contribution in [3.05, 3.63) is 24.3 Å². The van der Waals surface area contributed by atoms with E-state index in [0.29, 0.717) is 44.7 Å². The third-order valence-electron chi connectivity index (χ3n) is 7.80. The molecule has 8 heteroatoms. The number of anilines is 1. The normalized spacial score (nSPS) is 27.3. The summed E-state index contributed by atoms with van der Waals surface area (Å²) in [7, 11) is 0. The highest BCUT2D eigenvalue weighted by Crippen LogP contribution is 2.47. The van der Waals surface area contributed by atoms with Crippen molar-refractivity contribution in [3.8, 4) is 5.75 Å². The molecule has 1 amide bonds. The molecular formula is C25H33F2N3O3. The molecule has 1 atom stereocenters. The molecule has 0 aromatic heterocycles. The minimum absolute atomic E-state index is 0.0576. The molecule has 2 aliphatic carbocycles. The molecule has 2 saturated carbocycles. The Bertz CT molecular complexity index is 900. The lowest BCUT2D eigenvalue weighted by atomic mass is 9.82. The molecule has 5 rings (SSSR count). The van der Waals surface area contributed by atoms with Crippen molar-refractivity contribution in [2.45, 2.75) is 75.9 Å². The monoisotopic (exact) mass is 461 g/mol. The highest BCUT2D eigenvalue weighted by atomic mass is 19.3. The van der Waals surface area contributed by atoms with Gasteiger partial charge in [0.15, 0.2) is 0 Å². The molecule has 0 radical (unpaired) electrons. The summed E-state index contributed by atoms with van der Waals surface area (Å²) in [6.07, 6.45) is 6.17. The van der Waals surface area contributed by atoms with Crippen LogP contribution in [0.3, 0.4) is 0 Å². The third-order valence-corrected chi connectivity index (χ3v) is 7.80. The third kappa shape index (κ3) is 4.86. The zero-order chi connectivity index (χ0) is 23.3. The number of ether oxygens (including phenoxy) is 1. The van der Waals surface area contributed by atoms with Gasteiger partial charge >= 0.3 is 0 Å². The first-order valence-electron chi connectivity index (χ1n) is 12.1. The number of hydrogen-bond acceptors (Lipinski definition) is 5. The fourth-order valence-corrected chi connectivity index (χ4v) is 5.26. The molecule has 1 N–H and O–H groups in total. The van der Waals surface area contributed by atoms with Gasteiger partial charge in [-0.1, -0.05) is 6.92 Å². The van der Waals surface area contributed by atoms with Crippen molar-refractivity contribution in [2.75, 3.05) is 24.7 Å². The van der Waals surface area contributed by atoms with Crippen molar-refractivity contribution < 1.29 is 23.4 Å². The van der Waals surface area contributed by atoms with E-state index in [4.69, 9.17) is 4.74 Å². The van der Waals surface area contributed by atoms with Crippen LogP contribution in [-0.4, -0.2) is 59.4 Å². The van der Waals surface area contributed by atoms with Crippen LogP contribution in [0.4, 0.5) is 14.5 Å². The Morgan fingerprint density at radius 3 is 2.42 bits per heavy atom. The number of halogens is 2. The Balaban J connectivity index is 1.13. The summed E-state index contributed by atoms with van der Waals surface area (Å²) >= 11 is 0. The maximum Gasteiger partial charge on any atom is 0.248 e. The second-order valence-corrected chi connectivity index (χ2v) is 10.7. The predicted molar refractivity (Wildman–Crippen MR) is 122 cm³/mol. The highest BCUT2D eigenvalue weighted by molar-refractivity contribution is 5.85. The molecule has 2 aliphatic heterocycles. The second kappa shape index (κ2) is 8.22. The van der Waals surface area contributed by atoms with Crippen LogP contribution in [0.5, 0.6) is 5.75 Å². The summed E-state index contributed by atoms with van der Waals surface area (Å²) in [5.74, 6) is -1.70. The van der Waals surface area contributed by atoms with E-state index in [1.165, 1.54) is 0 Å². The van der Waals surface area contributed by atoms with Crippen LogP contribution in [0.15, 0.2) is 29.4 Å². The van der Waals surface area contributed by atoms with Crippen LogP contribution in [0.1, 0.15) is 58.3 Å². The van der Waals surface area contributed by atoms with Gasteiger partial charge < -0.3 is 14.7 Å². The maximum atomic E-state index is 13.0. The van der Waals surface area contributed by atoms with Gasteiger partial charge in [-0.2, -0.15) is 5.10 Å². The van der Waals surface area contributed by atoms with Gasteiger partial charge in [-0.05, 0) is 56.4 Å². The number of benzene rings is 1. The molecular weight excluding hydrogens is 428 g/mol. The van der Waals surface area contributed by atoms with E-state index in [0.717, 1.165) is 24.9 Å². The lowest BCUT2D eigenvalue weighted by Gasteiger charge is -2.41. The molecule has 2 heterocycles. The van der Waals surface area contributed by atoms with Crippen molar-refractivity contribution in [1.29, 1.82) is 0 Å². The molecule has 4 aliphatic rings. The van der Waals surface area contributed by atoms with Crippen LogP contribution in [0, 0.1) is 11.3 Å². The Kier molecular flexibility index (Phi) is 5.62. The molecule has 3 fully saturated rings. The fraction of sp³-hybridized carbons (Fsp3) is 0.680. The van der Waals surface area contributed by atoms with E-state index in [-0.39, 0.29) is 36.1 Å². The van der Waals surface area contributed by atoms with Crippen LogP contribution in [0.25, 0.3) is 0 Å². The molecule has 0 bridgehead atoms. The van der Waals surface area contributed by atoms with Crippen LogP contribution in [-0.2, 0) is 4.79 Å². The number of rotatable bonds is 7. The number of hydrazone groups is 1. The van der Waals surface area contributed by atoms with Gasteiger partial charge in [0.05, 0.1) is 23.9 Å². The molecule has 1 aromatic carbocycles. The second-order valence-electron chi connectivity index (χ2n) is 10.7. The number of nitrogens with zero attached hydrogens (tertiary/aromatic N) is 3. The SMILES string of the molecule is CC1(C(=O)N2CCC(O)(CC3CC=NN3c3ccc(OCC4CC(F)(F)C4)cc3)CC2)CC1. The van der Waals surface area contributed by atoms with Crippen molar-refractivity contribution in [3.63, 3.8) is 0 Å². The van der Waals surface area contributed by atoms with Crippen molar-refractivity contribution in [1.82, 2.24) is 4.90 Å². The summed E-state index contributed by atoms with van der Waals surface area (Å²) < 4.78 is 31.6. The summed E-state index contributed by atoms with van der Waals surface area (Å²) in [4.78, 5) is 14.5. The van der Waals surface area contributed by atoms with Crippen LogP contribution in [0.2, 0.25) is 0 Å². The quantitative estimate of drug-likeness (QED) is 0.660. The molecule has 1 unspecified atom stereocenters. The van der Waals surface area contributed by atoms with E-state index >= 15 is 0 Å². The zero-order valence-electron chi connectivity index (χ0n) is 19.2. The number of piperidine rings is 1. The molecule has 1 aromatic rings. The van der Waals surface area contributed by atoms with E-state index in [2.05, 4.69) is 5.10 Å². The first kappa shape index (κ1) is 22.6. The Morgan fingerprint density at radius 2 is 1.82 bits per heavy atom. The highest BCUT2D eigenvalue weighted by Gasteiger charge is 2.49. The van der Waals surface area contributed by atoms with Crippen LogP contribution < -0.4 is 9.75 Å². The van der Waals surface area contributed by atoms with Gasteiger partial charge in [-0.25, -0.2) is 8.78 Å². The molecule has 1 saturated heterocycles. The minimum atomic E-state index is -2.52. The molecule has 33 heavy (non-hydrogen) atoms. The standard InChI is InChI=1S/C25H33F2N3O3/c1-23(7-8-23)22(31)29-12-9-24(32,10-13-29)16-20-6-11-28-30(20)19-2-4-21(5-3-19)33-17-18-14-25(26,27)15-18/h2-5,11,18,20,32H,6-10,12-17H2,1H3. The van der Waals surface area contributed by atoms with E-state index < -0.39 is 11.5 Å². The number of amides is 1. The Morgan fingerprint density at radius 1 is 1.15 bits per heavy atom.